The van der Waals surface area contributed by atoms with Gasteiger partial charge in [0.15, 0.2) is 0 Å². The molecule has 1 rings (SSSR count). The fraction of sp³-hybridized carbons (Fsp3) is 0.800. The van der Waals surface area contributed by atoms with Gasteiger partial charge in [-0.3, -0.25) is 0 Å². The third-order valence-electron chi connectivity index (χ3n) is 1.55. The predicted molar refractivity (Wildman–Crippen MR) is 48.9 cm³/mol. The number of nitrogens with zero attached hydrogens (tertiary/aromatic N) is 2. The van der Waals surface area contributed by atoms with Crippen LogP contribution in [0.4, 0.5) is 0 Å². The van der Waals surface area contributed by atoms with Gasteiger partial charge >= 0.3 is 9.24 Å². The third-order valence-corrected chi connectivity index (χ3v) is 2.57. The van der Waals surface area contributed by atoms with E-state index >= 15 is 0 Å². The Bertz CT molecular complexity index is 282. The van der Waals surface area contributed by atoms with Gasteiger partial charge in [0.05, 0.1) is 0 Å². The number of hydrogen-bond donors (Lipinski definition) is 0. The largest absolute Gasteiger partial charge is 0.346 e. The second-order valence-corrected chi connectivity index (χ2v) is 4.98. The van der Waals surface area contributed by atoms with Crippen LogP contribution in [0.15, 0.2) is 4.40 Å². The van der Waals surface area contributed by atoms with Gasteiger partial charge in [0.1, 0.15) is 0 Å². The van der Waals surface area contributed by atoms with Gasteiger partial charge in [-0.1, -0.05) is 0 Å². The second kappa shape index (κ2) is 3.81. The van der Waals surface area contributed by atoms with E-state index in [-0.39, 0.29) is 5.29 Å². The average Bonchev–Trinajstić information content (AvgIpc) is 2.32. The molecular weight excluding hydrogens is 223 g/mol. The van der Waals surface area contributed by atoms with Crippen LogP contribution >= 0.6 is 22.3 Å². The number of amidine groups is 1. The highest BCUT2D eigenvalue weighted by molar-refractivity contribution is 8.12. The van der Waals surface area contributed by atoms with Gasteiger partial charge < -0.3 is 4.90 Å². The summed E-state index contributed by atoms with van der Waals surface area (Å²) in [6.07, 6.45) is 2.02. The lowest BCUT2D eigenvalue weighted by Crippen LogP contribution is -2.23. The molecule has 12 heavy (non-hydrogen) atoms. The van der Waals surface area contributed by atoms with Crippen molar-refractivity contribution in [2.75, 3.05) is 13.1 Å². The van der Waals surface area contributed by atoms with Crippen molar-refractivity contribution in [1.29, 1.82) is 0 Å². The lowest BCUT2D eigenvalue weighted by Gasteiger charge is -2.12. The van der Waals surface area contributed by atoms with Gasteiger partial charge in [0.2, 0.25) is 5.29 Å². The molecular formula is C5H8Cl2N2O2S. The fourth-order valence-corrected chi connectivity index (χ4v) is 2.09. The van der Waals surface area contributed by atoms with E-state index in [2.05, 4.69) is 4.40 Å². The van der Waals surface area contributed by atoms with Crippen LogP contribution in [0.3, 0.4) is 0 Å². The summed E-state index contributed by atoms with van der Waals surface area (Å²) in [6, 6.07) is 0. The van der Waals surface area contributed by atoms with Gasteiger partial charge in [0, 0.05) is 23.8 Å². The van der Waals surface area contributed by atoms with Crippen molar-refractivity contribution < 1.29 is 8.42 Å². The first-order chi connectivity index (χ1) is 5.49. The predicted octanol–water partition coefficient (Wildman–Crippen LogP) is 1.16. The Hall–Kier alpha value is -0.000000000000000111. The summed E-state index contributed by atoms with van der Waals surface area (Å²) in [5.74, 6) is 0. The second-order valence-electron chi connectivity index (χ2n) is 2.47. The zero-order valence-electron chi connectivity index (χ0n) is 6.20. The normalized spacial score (nSPS) is 20.2. The SMILES string of the molecule is O=S(=O)(Cl)/N=C(\Cl)N1CCCC1. The molecule has 0 aromatic heterocycles. The van der Waals surface area contributed by atoms with E-state index in [0.717, 1.165) is 25.9 Å². The van der Waals surface area contributed by atoms with Crippen molar-refractivity contribution in [2.24, 2.45) is 4.40 Å². The maximum absolute atomic E-state index is 10.5. The molecule has 0 N–H and O–H groups in total. The summed E-state index contributed by atoms with van der Waals surface area (Å²) >= 11 is 5.58. The Balaban J connectivity index is 2.69. The molecule has 1 fully saturated rings. The molecule has 1 heterocycles. The van der Waals surface area contributed by atoms with Gasteiger partial charge in [-0.25, -0.2) is 0 Å². The molecule has 0 amide bonds. The van der Waals surface area contributed by atoms with Crippen LogP contribution < -0.4 is 0 Å². The molecule has 0 bridgehead atoms. The minimum absolute atomic E-state index is 0.0394. The standard InChI is InChI=1S/C5H8Cl2N2O2S/c6-5(8-12(7,10)11)9-3-1-2-4-9/h1-4H2/b8-5+. The van der Waals surface area contributed by atoms with Crippen LogP contribution in [0.25, 0.3) is 0 Å². The van der Waals surface area contributed by atoms with Crippen LogP contribution in [0, 0.1) is 0 Å². The molecule has 7 heteroatoms. The summed E-state index contributed by atoms with van der Waals surface area (Å²) in [5, 5.41) is -0.0394. The highest BCUT2D eigenvalue weighted by Crippen LogP contribution is 2.12. The molecule has 0 radical (unpaired) electrons. The van der Waals surface area contributed by atoms with Crippen LogP contribution in [-0.2, 0) is 9.24 Å². The summed E-state index contributed by atoms with van der Waals surface area (Å²) in [5.41, 5.74) is 0. The van der Waals surface area contributed by atoms with Crippen molar-refractivity contribution in [3.63, 3.8) is 0 Å². The summed E-state index contributed by atoms with van der Waals surface area (Å²) in [4.78, 5) is 1.68. The minimum Gasteiger partial charge on any atom is -0.346 e. The molecule has 0 saturated carbocycles. The molecule has 0 spiro atoms. The monoisotopic (exact) mass is 230 g/mol. The number of likely N-dealkylation sites (tertiary alicyclic amines) is 1. The lowest BCUT2D eigenvalue weighted by molar-refractivity contribution is 0.529. The van der Waals surface area contributed by atoms with E-state index in [4.69, 9.17) is 22.3 Å². The highest BCUT2D eigenvalue weighted by atomic mass is 35.7. The van der Waals surface area contributed by atoms with E-state index < -0.39 is 9.24 Å². The van der Waals surface area contributed by atoms with Gasteiger partial charge in [-0.15, -0.1) is 4.40 Å². The van der Waals surface area contributed by atoms with E-state index in [1.807, 2.05) is 0 Å². The molecule has 0 aliphatic carbocycles. The Morgan fingerprint density at radius 2 is 1.83 bits per heavy atom. The van der Waals surface area contributed by atoms with Crippen molar-refractivity contribution in [1.82, 2.24) is 4.90 Å². The number of hydrogen-bond acceptors (Lipinski definition) is 2. The van der Waals surface area contributed by atoms with Crippen LogP contribution in [0.2, 0.25) is 0 Å². The van der Waals surface area contributed by atoms with E-state index in [9.17, 15) is 8.42 Å². The van der Waals surface area contributed by atoms with E-state index in [1.165, 1.54) is 0 Å². The molecule has 1 saturated heterocycles. The Morgan fingerprint density at radius 3 is 2.25 bits per heavy atom. The molecule has 1 aliphatic rings. The zero-order valence-corrected chi connectivity index (χ0v) is 8.53. The number of halogens is 2. The Labute approximate surface area is 80.7 Å². The number of rotatable bonds is 1. The third kappa shape index (κ3) is 3.16. The van der Waals surface area contributed by atoms with E-state index in [1.54, 1.807) is 4.90 Å². The molecule has 0 aromatic rings. The van der Waals surface area contributed by atoms with E-state index in [0.29, 0.717) is 0 Å². The summed E-state index contributed by atoms with van der Waals surface area (Å²) in [7, 11) is 1.01. The van der Waals surface area contributed by atoms with Crippen molar-refractivity contribution in [2.45, 2.75) is 12.8 Å². The molecule has 1 aliphatic heterocycles. The smallest absolute Gasteiger partial charge is 0.342 e. The summed E-state index contributed by atoms with van der Waals surface area (Å²) in [6.45, 7) is 1.49. The first-order valence-electron chi connectivity index (χ1n) is 3.44. The molecule has 0 atom stereocenters. The first kappa shape index (κ1) is 10.1. The molecule has 70 valence electrons. The fourth-order valence-electron chi connectivity index (χ4n) is 1.05. The quantitative estimate of drug-likeness (QED) is 0.294. The maximum Gasteiger partial charge on any atom is 0.342 e. The van der Waals surface area contributed by atoms with Gasteiger partial charge in [-0.05, 0) is 24.4 Å². The average molecular weight is 231 g/mol. The van der Waals surface area contributed by atoms with Crippen LogP contribution in [-0.4, -0.2) is 31.7 Å². The molecule has 0 aromatic carbocycles. The Morgan fingerprint density at radius 1 is 1.33 bits per heavy atom. The van der Waals surface area contributed by atoms with Crippen molar-refractivity contribution >= 4 is 36.8 Å². The molecule has 0 unspecified atom stereocenters. The Kier molecular flexibility index (Phi) is 3.20. The molecule has 4 nitrogen and oxygen atoms in total. The van der Waals surface area contributed by atoms with Gasteiger partial charge in [0.25, 0.3) is 0 Å². The first-order valence-corrected chi connectivity index (χ1v) is 6.08. The van der Waals surface area contributed by atoms with Gasteiger partial charge in [-0.2, -0.15) is 8.42 Å². The maximum atomic E-state index is 10.5. The lowest BCUT2D eigenvalue weighted by atomic mass is 10.4. The minimum atomic E-state index is -3.87. The zero-order chi connectivity index (χ0) is 9.19. The van der Waals surface area contributed by atoms with Crippen molar-refractivity contribution in [3.8, 4) is 0 Å². The van der Waals surface area contributed by atoms with Crippen LogP contribution in [0.5, 0.6) is 0 Å². The van der Waals surface area contributed by atoms with Crippen molar-refractivity contribution in [3.05, 3.63) is 0 Å². The highest BCUT2D eigenvalue weighted by Gasteiger charge is 2.16. The topological polar surface area (TPSA) is 49.7 Å². The van der Waals surface area contributed by atoms with Crippen LogP contribution in [0.1, 0.15) is 12.8 Å². The summed E-state index contributed by atoms with van der Waals surface area (Å²) < 4.78 is 24.1.